The van der Waals surface area contributed by atoms with E-state index in [1.165, 1.54) is 0 Å². The lowest BCUT2D eigenvalue weighted by atomic mass is 10.1. The van der Waals surface area contributed by atoms with Gasteiger partial charge in [-0.25, -0.2) is 0 Å². The third kappa shape index (κ3) is 14.4. The van der Waals surface area contributed by atoms with Crippen LogP contribution < -0.4 is 5.11 Å². The summed E-state index contributed by atoms with van der Waals surface area (Å²) in [6.45, 7) is 2.12. The lowest BCUT2D eigenvalue weighted by Gasteiger charge is -1.97. The summed E-state index contributed by atoms with van der Waals surface area (Å²) in [5, 5.41) is 10.2. The second-order valence-electron chi connectivity index (χ2n) is 4.68. The molecule has 0 radical (unpaired) electrons. The fourth-order valence-electron chi connectivity index (χ4n) is 1.61. The maximum absolute atomic E-state index is 11.4. The van der Waals surface area contributed by atoms with E-state index >= 15 is 0 Å². The third-order valence-electron chi connectivity index (χ3n) is 2.75. The van der Waals surface area contributed by atoms with Crippen molar-refractivity contribution in [2.24, 2.45) is 0 Å². The number of unbranched alkanes of at least 4 members (excludes halogenated alkanes) is 3. The quantitative estimate of drug-likeness (QED) is 0.238. The summed E-state index contributed by atoms with van der Waals surface area (Å²) in [5.74, 6) is -0.812. The van der Waals surface area contributed by atoms with Gasteiger partial charge in [-0.05, 0) is 38.2 Å². The molecule has 0 aliphatic rings. The molecule has 0 aliphatic carbocycles. The highest BCUT2D eigenvalue weighted by atomic mass is 16.4. The van der Waals surface area contributed by atoms with E-state index in [4.69, 9.17) is 0 Å². The summed E-state index contributed by atoms with van der Waals surface area (Å²) in [6, 6.07) is 0. The Morgan fingerprint density at radius 2 is 1.75 bits per heavy atom. The number of carboxylic acids is 1. The first-order valence-electron chi connectivity index (χ1n) is 7.37. The van der Waals surface area contributed by atoms with Crippen LogP contribution in [0.5, 0.6) is 0 Å². The monoisotopic (exact) mass is 277 g/mol. The lowest BCUT2D eigenvalue weighted by molar-refractivity contribution is -0.305. The van der Waals surface area contributed by atoms with Crippen molar-refractivity contribution < 1.29 is 14.7 Å². The van der Waals surface area contributed by atoms with Gasteiger partial charge in [0.2, 0.25) is 0 Å². The molecule has 0 saturated carbocycles. The highest BCUT2D eigenvalue weighted by molar-refractivity contribution is 5.89. The van der Waals surface area contributed by atoms with Crippen molar-refractivity contribution in [3.8, 4) is 0 Å². The van der Waals surface area contributed by atoms with Crippen molar-refractivity contribution in [2.75, 3.05) is 0 Å². The number of ketones is 1. The first-order valence-corrected chi connectivity index (χ1v) is 7.37. The Morgan fingerprint density at radius 3 is 2.45 bits per heavy atom. The van der Waals surface area contributed by atoms with Crippen molar-refractivity contribution in [2.45, 2.75) is 58.3 Å². The molecule has 0 aromatic rings. The number of allylic oxidation sites excluding steroid dienone is 6. The van der Waals surface area contributed by atoms with Crippen LogP contribution in [-0.2, 0) is 9.59 Å². The number of rotatable bonds is 12. The van der Waals surface area contributed by atoms with Crippen molar-refractivity contribution in [3.05, 3.63) is 36.5 Å². The molecule has 112 valence electrons. The van der Waals surface area contributed by atoms with Crippen LogP contribution in [0.3, 0.4) is 0 Å². The van der Waals surface area contributed by atoms with E-state index < -0.39 is 5.97 Å². The van der Waals surface area contributed by atoms with E-state index in [1.54, 1.807) is 12.2 Å². The van der Waals surface area contributed by atoms with Gasteiger partial charge in [0.05, 0.1) is 0 Å². The van der Waals surface area contributed by atoms with E-state index in [9.17, 15) is 14.7 Å². The van der Waals surface area contributed by atoms with Gasteiger partial charge in [-0.2, -0.15) is 0 Å². The van der Waals surface area contributed by atoms with Gasteiger partial charge in [-0.3, -0.25) is 4.79 Å². The molecule has 3 nitrogen and oxygen atoms in total. The Morgan fingerprint density at radius 1 is 0.950 bits per heavy atom. The highest BCUT2D eigenvalue weighted by Crippen LogP contribution is 2.00. The molecule has 3 heteroatoms. The minimum atomic E-state index is -0.993. The molecule has 0 atom stereocenters. The normalized spacial score (nSPS) is 11.8. The Labute approximate surface area is 122 Å². The molecule has 0 amide bonds. The third-order valence-corrected chi connectivity index (χ3v) is 2.75. The van der Waals surface area contributed by atoms with Gasteiger partial charge in [0.25, 0.3) is 0 Å². The van der Waals surface area contributed by atoms with E-state index in [2.05, 4.69) is 6.92 Å². The van der Waals surface area contributed by atoms with Gasteiger partial charge in [-0.15, -0.1) is 0 Å². The summed E-state index contributed by atoms with van der Waals surface area (Å²) in [5.41, 5.74) is 0. The molecule has 0 bridgehead atoms. The van der Waals surface area contributed by atoms with Crippen molar-refractivity contribution in [1.82, 2.24) is 0 Å². The van der Waals surface area contributed by atoms with Gasteiger partial charge in [0, 0.05) is 12.4 Å². The Balaban J connectivity index is 3.57. The highest BCUT2D eigenvalue weighted by Gasteiger charge is 1.94. The molecule has 0 N–H and O–H groups in total. The van der Waals surface area contributed by atoms with Crippen LogP contribution in [0.2, 0.25) is 0 Å². The molecule has 0 rings (SSSR count). The predicted molar refractivity (Wildman–Crippen MR) is 80.0 cm³/mol. The molecule has 0 unspecified atom stereocenters. The largest absolute Gasteiger partial charge is 0.550 e. The van der Waals surface area contributed by atoms with Crippen LogP contribution in [0.25, 0.3) is 0 Å². The number of carbonyl (C=O) groups excluding carboxylic acids is 2. The molecule has 0 aromatic carbocycles. The SMILES string of the molecule is CCCCCC(=O)/C=C/C=C/C/C=C\CCCC(=O)[O-]. The Bertz CT molecular complexity index is 351. The second kappa shape index (κ2) is 13.8. The smallest absolute Gasteiger partial charge is 0.155 e. The van der Waals surface area contributed by atoms with Crippen molar-refractivity contribution in [3.63, 3.8) is 0 Å². The second-order valence-corrected chi connectivity index (χ2v) is 4.68. The Kier molecular flexibility index (Phi) is 12.7. The molecule has 0 aromatic heterocycles. The standard InChI is InChI=1S/C17H26O3/c1-2-3-10-13-16(18)14-11-8-6-4-5-7-9-12-15-17(19)20/h5-8,11,14H,2-4,9-10,12-13,15H2,1H3,(H,19,20)/p-1/b7-5-,8-6+,14-11+. The predicted octanol–water partition coefficient (Wildman–Crippen LogP) is 3.11. The molecular formula is C17H25O3-. The van der Waals surface area contributed by atoms with E-state index in [0.29, 0.717) is 12.8 Å². The molecule has 20 heavy (non-hydrogen) atoms. The van der Waals surface area contributed by atoms with Crippen LogP contribution in [-0.4, -0.2) is 11.8 Å². The summed E-state index contributed by atoms with van der Waals surface area (Å²) < 4.78 is 0. The first-order chi connectivity index (χ1) is 9.66. The van der Waals surface area contributed by atoms with Gasteiger partial charge >= 0.3 is 0 Å². The summed E-state index contributed by atoms with van der Waals surface area (Å²) >= 11 is 0. The first kappa shape index (κ1) is 18.4. The van der Waals surface area contributed by atoms with Crippen LogP contribution in [0.1, 0.15) is 58.3 Å². The van der Waals surface area contributed by atoms with E-state index in [0.717, 1.165) is 32.1 Å². The van der Waals surface area contributed by atoms with Gasteiger partial charge in [-0.1, -0.05) is 50.1 Å². The fourth-order valence-corrected chi connectivity index (χ4v) is 1.61. The van der Waals surface area contributed by atoms with E-state index in [-0.39, 0.29) is 12.2 Å². The fraction of sp³-hybridized carbons (Fsp3) is 0.529. The zero-order chi connectivity index (χ0) is 15.1. The summed E-state index contributed by atoms with van der Waals surface area (Å²) in [6.07, 6.45) is 17.3. The molecule has 0 aliphatic heterocycles. The number of carbonyl (C=O) groups is 2. The van der Waals surface area contributed by atoms with Crippen LogP contribution in [0.15, 0.2) is 36.5 Å². The summed E-state index contributed by atoms with van der Waals surface area (Å²) in [4.78, 5) is 21.6. The minimum absolute atomic E-state index is 0.114. The number of hydrogen-bond donors (Lipinski definition) is 0. The maximum Gasteiger partial charge on any atom is 0.155 e. The maximum atomic E-state index is 11.4. The van der Waals surface area contributed by atoms with Gasteiger partial charge in [0.15, 0.2) is 5.78 Å². The number of carboxylic acid groups (broad SMARTS) is 1. The lowest BCUT2D eigenvalue weighted by Crippen LogP contribution is -2.21. The average Bonchev–Trinajstić information content (AvgIpc) is 2.41. The topological polar surface area (TPSA) is 57.2 Å². The molecular weight excluding hydrogens is 252 g/mol. The van der Waals surface area contributed by atoms with Crippen LogP contribution >= 0.6 is 0 Å². The molecule has 0 heterocycles. The summed E-state index contributed by atoms with van der Waals surface area (Å²) in [7, 11) is 0. The molecule has 0 saturated heterocycles. The zero-order valence-electron chi connectivity index (χ0n) is 12.3. The van der Waals surface area contributed by atoms with Gasteiger partial charge in [0.1, 0.15) is 0 Å². The number of aliphatic carboxylic acids is 1. The van der Waals surface area contributed by atoms with Crippen molar-refractivity contribution in [1.29, 1.82) is 0 Å². The number of hydrogen-bond acceptors (Lipinski definition) is 3. The van der Waals surface area contributed by atoms with Crippen molar-refractivity contribution >= 4 is 11.8 Å². The minimum Gasteiger partial charge on any atom is -0.550 e. The zero-order valence-corrected chi connectivity index (χ0v) is 12.3. The van der Waals surface area contributed by atoms with Crippen LogP contribution in [0, 0.1) is 0 Å². The van der Waals surface area contributed by atoms with Gasteiger partial charge < -0.3 is 9.90 Å². The average molecular weight is 277 g/mol. The van der Waals surface area contributed by atoms with Crippen LogP contribution in [0.4, 0.5) is 0 Å². The molecule has 0 fully saturated rings. The molecule has 0 spiro atoms. The Hall–Kier alpha value is -1.64. The van der Waals surface area contributed by atoms with E-state index in [1.807, 2.05) is 24.3 Å².